The van der Waals surface area contributed by atoms with Crippen LogP contribution in [-0.4, -0.2) is 50.3 Å². The molecule has 1 atom stereocenters. The number of amides is 2. The number of rotatable bonds is 3. The Morgan fingerprint density at radius 3 is 2.68 bits per heavy atom. The minimum Gasteiger partial charge on any atom is -0.467 e. The lowest BCUT2D eigenvalue weighted by Gasteiger charge is -2.44. The lowest BCUT2D eigenvalue weighted by atomic mass is 9.96. The summed E-state index contributed by atoms with van der Waals surface area (Å²) in [6.45, 7) is 6.81. The largest absolute Gasteiger partial charge is 0.467 e. The highest BCUT2D eigenvalue weighted by Crippen LogP contribution is 2.33. The number of hydrogen-bond acceptors (Lipinski definition) is 5. The first-order chi connectivity index (χ1) is 13.4. The first kappa shape index (κ1) is 18.5. The van der Waals surface area contributed by atoms with Crippen molar-refractivity contribution in [3.8, 4) is 5.75 Å². The molecule has 1 spiro atoms. The molecule has 0 aliphatic carbocycles. The van der Waals surface area contributed by atoms with Crippen molar-refractivity contribution >= 4 is 11.8 Å². The predicted molar refractivity (Wildman–Crippen MR) is 102 cm³/mol. The van der Waals surface area contributed by atoms with Crippen LogP contribution < -0.4 is 10.1 Å². The summed E-state index contributed by atoms with van der Waals surface area (Å²) in [7, 11) is 0. The van der Waals surface area contributed by atoms with Gasteiger partial charge in [-0.2, -0.15) is 5.10 Å². The Morgan fingerprint density at radius 2 is 2.00 bits per heavy atom. The zero-order valence-electron chi connectivity index (χ0n) is 16.4. The number of hydrogen-bond donors (Lipinski definition) is 1. The van der Waals surface area contributed by atoms with Gasteiger partial charge in [-0.1, -0.05) is 12.1 Å². The van der Waals surface area contributed by atoms with Crippen molar-refractivity contribution < 1.29 is 14.3 Å². The minimum absolute atomic E-state index is 0.0536. The maximum Gasteiger partial charge on any atom is 0.258 e. The van der Waals surface area contributed by atoms with Crippen LogP contribution in [0.15, 0.2) is 24.3 Å². The number of para-hydroxylation sites is 1. The van der Waals surface area contributed by atoms with Gasteiger partial charge in [-0.3, -0.25) is 9.59 Å². The molecule has 1 aromatic heterocycles. The smallest absolute Gasteiger partial charge is 0.258 e. The second-order valence-electron chi connectivity index (χ2n) is 7.63. The maximum atomic E-state index is 12.8. The maximum absolute atomic E-state index is 12.8. The Hall–Kier alpha value is -2.90. The molecular formula is C20H25N5O3. The molecule has 0 unspecified atom stereocenters. The molecule has 1 fully saturated rings. The van der Waals surface area contributed by atoms with Crippen LogP contribution in [0.5, 0.6) is 5.75 Å². The van der Waals surface area contributed by atoms with E-state index in [1.54, 1.807) is 10.7 Å². The average molecular weight is 383 g/mol. The van der Waals surface area contributed by atoms with Gasteiger partial charge in [-0.15, -0.1) is 0 Å². The Balaban J connectivity index is 1.38. The summed E-state index contributed by atoms with van der Waals surface area (Å²) in [5, 5.41) is 7.38. The van der Waals surface area contributed by atoms with Crippen molar-refractivity contribution in [2.75, 3.05) is 13.1 Å². The topological polar surface area (TPSA) is 89.4 Å². The van der Waals surface area contributed by atoms with E-state index in [1.807, 2.05) is 43.9 Å². The van der Waals surface area contributed by atoms with Crippen molar-refractivity contribution in [3.05, 3.63) is 41.5 Å². The number of fused-ring (bicyclic) bond motifs is 1. The van der Waals surface area contributed by atoms with Crippen LogP contribution in [0.25, 0.3) is 0 Å². The summed E-state index contributed by atoms with van der Waals surface area (Å²) in [6.07, 6.45) is 1.50. The van der Waals surface area contributed by atoms with Gasteiger partial charge in [0.2, 0.25) is 5.91 Å². The van der Waals surface area contributed by atoms with E-state index in [0.29, 0.717) is 49.5 Å². The summed E-state index contributed by atoms with van der Waals surface area (Å²) < 4.78 is 7.94. The quantitative estimate of drug-likeness (QED) is 0.876. The molecule has 2 amide bonds. The van der Waals surface area contributed by atoms with E-state index in [0.717, 1.165) is 5.82 Å². The molecule has 1 aromatic carbocycles. The van der Waals surface area contributed by atoms with Crippen molar-refractivity contribution in [3.63, 3.8) is 0 Å². The second kappa shape index (κ2) is 6.92. The van der Waals surface area contributed by atoms with E-state index < -0.39 is 5.72 Å². The van der Waals surface area contributed by atoms with Crippen LogP contribution in [0.1, 0.15) is 54.2 Å². The molecular weight excluding hydrogens is 358 g/mol. The van der Waals surface area contributed by atoms with Gasteiger partial charge in [0.1, 0.15) is 17.4 Å². The highest BCUT2D eigenvalue weighted by Gasteiger charge is 2.43. The predicted octanol–water partition coefficient (Wildman–Crippen LogP) is 1.99. The zero-order valence-corrected chi connectivity index (χ0v) is 16.4. The number of carbonyl (C=O) groups is 2. The van der Waals surface area contributed by atoms with Crippen LogP contribution in [0.3, 0.4) is 0 Å². The molecule has 2 aliphatic heterocycles. The number of ether oxygens (including phenoxy) is 1. The third kappa shape index (κ3) is 3.34. The fraction of sp³-hybridized carbons (Fsp3) is 0.500. The van der Waals surface area contributed by atoms with E-state index in [2.05, 4.69) is 15.4 Å². The Kier molecular flexibility index (Phi) is 4.56. The second-order valence-corrected chi connectivity index (χ2v) is 7.63. The Bertz CT molecular complexity index is 914. The number of nitrogens with one attached hydrogen (secondary N) is 1. The number of aryl methyl sites for hydroxylation is 2. The SMILES string of the molecule is Cc1nc(C)n([C@@H](C)CC(=O)N2CCC3(CC2)NC(=O)c2ccccc2O3)n1. The summed E-state index contributed by atoms with van der Waals surface area (Å²) in [6, 6.07) is 7.20. The van der Waals surface area contributed by atoms with E-state index >= 15 is 0 Å². The monoisotopic (exact) mass is 383 g/mol. The number of piperidine rings is 1. The molecule has 8 nitrogen and oxygen atoms in total. The molecule has 2 aliphatic rings. The number of likely N-dealkylation sites (tertiary alicyclic amines) is 1. The van der Waals surface area contributed by atoms with Crippen molar-refractivity contribution in [1.29, 1.82) is 0 Å². The van der Waals surface area contributed by atoms with Crippen LogP contribution in [0.2, 0.25) is 0 Å². The lowest BCUT2D eigenvalue weighted by Crippen LogP contribution is -2.61. The van der Waals surface area contributed by atoms with E-state index in [9.17, 15) is 9.59 Å². The molecule has 28 heavy (non-hydrogen) atoms. The molecule has 8 heteroatoms. The van der Waals surface area contributed by atoms with E-state index in [-0.39, 0.29) is 17.9 Å². The fourth-order valence-electron chi connectivity index (χ4n) is 4.02. The van der Waals surface area contributed by atoms with Gasteiger partial charge >= 0.3 is 0 Å². The van der Waals surface area contributed by atoms with Gasteiger partial charge in [-0.25, -0.2) is 9.67 Å². The summed E-state index contributed by atoms with van der Waals surface area (Å²) >= 11 is 0. The van der Waals surface area contributed by atoms with Gasteiger partial charge in [0.05, 0.1) is 11.6 Å². The first-order valence-electron chi connectivity index (χ1n) is 9.65. The van der Waals surface area contributed by atoms with E-state index in [1.165, 1.54) is 0 Å². The highest BCUT2D eigenvalue weighted by molar-refractivity contribution is 5.98. The van der Waals surface area contributed by atoms with Gasteiger partial charge < -0.3 is 15.0 Å². The summed E-state index contributed by atoms with van der Waals surface area (Å²) in [4.78, 5) is 31.3. The number of carbonyl (C=O) groups excluding carboxylic acids is 2. The summed E-state index contributed by atoms with van der Waals surface area (Å²) in [5.41, 5.74) is -0.174. The molecule has 1 N–H and O–H groups in total. The van der Waals surface area contributed by atoms with Gasteiger partial charge in [0.15, 0.2) is 5.72 Å². The van der Waals surface area contributed by atoms with Crippen LogP contribution in [-0.2, 0) is 4.79 Å². The molecule has 0 saturated carbocycles. The van der Waals surface area contributed by atoms with Crippen molar-refractivity contribution in [2.45, 2.75) is 51.8 Å². The minimum atomic E-state index is -0.729. The lowest BCUT2D eigenvalue weighted by molar-refractivity contribution is -0.136. The van der Waals surface area contributed by atoms with Crippen LogP contribution in [0.4, 0.5) is 0 Å². The first-order valence-corrected chi connectivity index (χ1v) is 9.65. The zero-order chi connectivity index (χ0) is 19.9. The Morgan fingerprint density at radius 1 is 1.29 bits per heavy atom. The fourth-order valence-corrected chi connectivity index (χ4v) is 4.02. The molecule has 3 heterocycles. The molecule has 2 aromatic rings. The third-order valence-electron chi connectivity index (χ3n) is 5.50. The third-order valence-corrected chi connectivity index (χ3v) is 5.50. The highest BCUT2D eigenvalue weighted by atomic mass is 16.5. The number of benzene rings is 1. The summed E-state index contributed by atoms with van der Waals surface area (Å²) in [5.74, 6) is 2.09. The van der Waals surface area contributed by atoms with E-state index in [4.69, 9.17) is 4.74 Å². The molecule has 1 saturated heterocycles. The van der Waals surface area contributed by atoms with Gasteiger partial charge in [0, 0.05) is 32.4 Å². The molecule has 4 rings (SSSR count). The normalized spacial score (nSPS) is 19.0. The van der Waals surface area contributed by atoms with Crippen molar-refractivity contribution in [1.82, 2.24) is 25.0 Å². The Labute approximate surface area is 163 Å². The van der Waals surface area contributed by atoms with Crippen molar-refractivity contribution in [2.24, 2.45) is 0 Å². The number of aromatic nitrogens is 3. The van der Waals surface area contributed by atoms with Gasteiger partial charge in [0.25, 0.3) is 5.91 Å². The average Bonchev–Trinajstić information content (AvgIpc) is 3.00. The van der Waals surface area contributed by atoms with Crippen LogP contribution >= 0.6 is 0 Å². The van der Waals surface area contributed by atoms with Gasteiger partial charge in [-0.05, 0) is 32.9 Å². The molecule has 148 valence electrons. The van der Waals surface area contributed by atoms with Crippen LogP contribution in [0, 0.1) is 13.8 Å². The molecule has 0 radical (unpaired) electrons. The standard InChI is InChI=1S/C20H25N5O3/c1-13(25-15(3)21-14(2)23-25)12-18(26)24-10-8-20(9-11-24)22-19(27)16-6-4-5-7-17(16)28-20/h4-7,13H,8-12H2,1-3H3,(H,22,27)/t13-/m0/s1. The number of nitrogens with zero attached hydrogens (tertiary/aromatic N) is 4. The molecule has 0 bridgehead atoms.